The number of aromatic amines is 1. The number of aromatic nitrogens is 4. The maximum absolute atomic E-state index is 14.4. The number of fused-ring (bicyclic) bond motifs is 1. The lowest BCUT2D eigenvalue weighted by Crippen LogP contribution is -2.20. The zero-order valence-electron chi connectivity index (χ0n) is 27.2. The van der Waals surface area contributed by atoms with Crippen molar-refractivity contribution in [3.05, 3.63) is 119 Å². The number of pyridine rings is 1. The summed E-state index contributed by atoms with van der Waals surface area (Å²) in [6.07, 6.45) is 9.62. The van der Waals surface area contributed by atoms with E-state index in [0.717, 1.165) is 46.3 Å². The van der Waals surface area contributed by atoms with Gasteiger partial charge in [0.1, 0.15) is 18.0 Å². The van der Waals surface area contributed by atoms with E-state index in [9.17, 15) is 4.79 Å². The standard InChI is InChI=1S/C39H37Cl2N5O3/c1-25(26-14-16-28(40)17-15-26)46-24-43-35(27-9-4-2-5-10-27)37(46)34-31-19-18-29(41)23-33(31)44-36(34)38(47)45-32-13-8-20-42-39(32)49-22-21-48-30-11-6-3-7-12-30/h2,4-5,8-10,13-20,23-25,30,44H,3,6-7,11-12,21-22H2,1H3,(H,45,47)/t25-/m0/s1. The average Bonchev–Trinajstić information content (AvgIpc) is 3.73. The van der Waals surface area contributed by atoms with Gasteiger partial charge in [0.25, 0.3) is 5.91 Å². The van der Waals surface area contributed by atoms with E-state index in [2.05, 4.69) is 26.8 Å². The van der Waals surface area contributed by atoms with E-state index >= 15 is 0 Å². The highest BCUT2D eigenvalue weighted by atomic mass is 35.5. The van der Waals surface area contributed by atoms with Crippen LogP contribution in [0.1, 0.15) is 61.1 Å². The molecule has 0 radical (unpaired) electrons. The quantitative estimate of drug-likeness (QED) is 0.132. The number of benzene rings is 3. The van der Waals surface area contributed by atoms with Gasteiger partial charge in [0.15, 0.2) is 0 Å². The number of imidazole rings is 1. The van der Waals surface area contributed by atoms with Crippen molar-refractivity contribution in [2.24, 2.45) is 0 Å². The van der Waals surface area contributed by atoms with Crippen LogP contribution in [-0.4, -0.2) is 44.7 Å². The fourth-order valence-corrected chi connectivity index (χ4v) is 6.87. The molecule has 1 aliphatic rings. The molecule has 0 unspecified atom stereocenters. The number of rotatable bonds is 11. The molecule has 0 aliphatic heterocycles. The molecule has 1 amide bonds. The molecule has 250 valence electrons. The number of ether oxygens (including phenoxy) is 2. The SMILES string of the molecule is C[C@@H](c1ccc(Cl)cc1)n1cnc(-c2ccccc2)c1-c1c(C(=O)Nc2cccnc2OCCOC2CCCCC2)[nH]c2cc(Cl)ccc12. The maximum Gasteiger partial charge on any atom is 0.272 e. The number of nitrogens with zero attached hydrogens (tertiary/aromatic N) is 3. The van der Waals surface area contributed by atoms with Gasteiger partial charge in [0, 0.05) is 38.3 Å². The first-order valence-corrected chi connectivity index (χ1v) is 17.4. The summed E-state index contributed by atoms with van der Waals surface area (Å²) in [5.74, 6) is -0.0280. The van der Waals surface area contributed by atoms with Crippen LogP contribution in [0.2, 0.25) is 10.0 Å². The number of amides is 1. The maximum atomic E-state index is 14.4. The molecule has 0 spiro atoms. The van der Waals surface area contributed by atoms with Gasteiger partial charge < -0.3 is 24.3 Å². The van der Waals surface area contributed by atoms with E-state index in [1.165, 1.54) is 19.3 Å². The van der Waals surface area contributed by atoms with Gasteiger partial charge in [-0.3, -0.25) is 4.79 Å². The summed E-state index contributed by atoms with van der Waals surface area (Å²) in [5.41, 5.74) is 5.74. The summed E-state index contributed by atoms with van der Waals surface area (Å²) in [5, 5.41) is 5.11. The Labute approximate surface area is 295 Å². The number of hydrogen-bond acceptors (Lipinski definition) is 5. The summed E-state index contributed by atoms with van der Waals surface area (Å²) in [4.78, 5) is 27.1. The van der Waals surface area contributed by atoms with Gasteiger partial charge in [-0.25, -0.2) is 9.97 Å². The van der Waals surface area contributed by atoms with E-state index in [1.807, 2.05) is 79.1 Å². The minimum atomic E-state index is -0.357. The number of anilines is 1. The lowest BCUT2D eigenvalue weighted by atomic mass is 9.98. The van der Waals surface area contributed by atoms with Crippen molar-refractivity contribution >= 4 is 45.7 Å². The molecule has 1 atom stereocenters. The summed E-state index contributed by atoms with van der Waals surface area (Å²) < 4.78 is 14.2. The molecule has 3 aromatic heterocycles. The predicted molar refractivity (Wildman–Crippen MR) is 196 cm³/mol. The summed E-state index contributed by atoms with van der Waals surface area (Å²) in [6, 6.07) is 26.7. The third kappa shape index (κ3) is 7.22. The molecule has 49 heavy (non-hydrogen) atoms. The van der Waals surface area contributed by atoms with Crippen LogP contribution in [0.4, 0.5) is 5.69 Å². The van der Waals surface area contributed by atoms with Gasteiger partial charge in [-0.1, -0.05) is 91.0 Å². The van der Waals surface area contributed by atoms with Crippen molar-refractivity contribution in [1.82, 2.24) is 19.5 Å². The Bertz CT molecular complexity index is 2050. The minimum Gasteiger partial charge on any atom is -0.474 e. The van der Waals surface area contributed by atoms with Crippen LogP contribution in [0.25, 0.3) is 33.4 Å². The van der Waals surface area contributed by atoms with Crippen molar-refractivity contribution in [2.45, 2.75) is 51.2 Å². The van der Waals surface area contributed by atoms with Gasteiger partial charge in [-0.2, -0.15) is 0 Å². The van der Waals surface area contributed by atoms with E-state index in [1.54, 1.807) is 18.3 Å². The zero-order valence-corrected chi connectivity index (χ0v) is 28.7. The molecule has 8 nitrogen and oxygen atoms in total. The first kappa shape index (κ1) is 32.9. The Morgan fingerprint density at radius 3 is 2.51 bits per heavy atom. The molecule has 10 heteroatoms. The van der Waals surface area contributed by atoms with Crippen molar-refractivity contribution in [3.8, 4) is 28.4 Å². The second-order valence-corrected chi connectivity index (χ2v) is 13.2. The van der Waals surface area contributed by atoms with Gasteiger partial charge >= 0.3 is 0 Å². The fourth-order valence-electron chi connectivity index (χ4n) is 6.57. The molecule has 0 bridgehead atoms. The summed E-state index contributed by atoms with van der Waals surface area (Å²) in [6.45, 7) is 2.89. The number of H-pyrrole nitrogens is 1. The Kier molecular flexibility index (Phi) is 9.98. The largest absolute Gasteiger partial charge is 0.474 e. The van der Waals surface area contributed by atoms with Crippen LogP contribution in [0, 0.1) is 0 Å². The van der Waals surface area contributed by atoms with Gasteiger partial charge in [0.05, 0.1) is 36.5 Å². The van der Waals surface area contributed by atoms with E-state index < -0.39 is 0 Å². The van der Waals surface area contributed by atoms with Gasteiger partial charge in [-0.15, -0.1) is 0 Å². The third-order valence-electron chi connectivity index (χ3n) is 9.08. The van der Waals surface area contributed by atoms with Crippen LogP contribution < -0.4 is 10.1 Å². The molecule has 3 aromatic carbocycles. The first-order valence-electron chi connectivity index (χ1n) is 16.7. The molecule has 2 N–H and O–H groups in total. The van der Waals surface area contributed by atoms with Crippen molar-refractivity contribution in [2.75, 3.05) is 18.5 Å². The zero-order chi connectivity index (χ0) is 33.7. The number of halogens is 2. The van der Waals surface area contributed by atoms with E-state index in [-0.39, 0.29) is 18.1 Å². The lowest BCUT2D eigenvalue weighted by Gasteiger charge is -2.22. The molecular formula is C39H37Cl2N5O3. The second kappa shape index (κ2) is 14.9. The predicted octanol–water partition coefficient (Wildman–Crippen LogP) is 9.99. The molecular weight excluding hydrogens is 657 g/mol. The number of carbonyl (C=O) groups excluding carboxylic acids is 1. The van der Waals surface area contributed by atoms with Crippen LogP contribution >= 0.6 is 23.2 Å². The van der Waals surface area contributed by atoms with Crippen LogP contribution in [0.15, 0.2) is 97.5 Å². The Morgan fingerprint density at radius 1 is 0.939 bits per heavy atom. The highest BCUT2D eigenvalue weighted by Crippen LogP contribution is 2.41. The Morgan fingerprint density at radius 2 is 1.71 bits per heavy atom. The van der Waals surface area contributed by atoms with Crippen LogP contribution in [0.5, 0.6) is 5.88 Å². The van der Waals surface area contributed by atoms with Gasteiger partial charge in [-0.05, 0) is 61.7 Å². The monoisotopic (exact) mass is 693 g/mol. The van der Waals surface area contributed by atoms with Crippen LogP contribution in [-0.2, 0) is 4.74 Å². The number of carbonyl (C=O) groups is 1. The second-order valence-electron chi connectivity index (χ2n) is 12.3. The number of nitrogens with one attached hydrogen (secondary N) is 2. The third-order valence-corrected chi connectivity index (χ3v) is 9.57. The van der Waals surface area contributed by atoms with Crippen molar-refractivity contribution < 1.29 is 14.3 Å². The van der Waals surface area contributed by atoms with Crippen molar-refractivity contribution in [1.29, 1.82) is 0 Å². The molecule has 1 aliphatic carbocycles. The van der Waals surface area contributed by atoms with Crippen LogP contribution in [0.3, 0.4) is 0 Å². The summed E-state index contributed by atoms with van der Waals surface area (Å²) >= 11 is 12.7. The molecule has 1 saturated carbocycles. The smallest absolute Gasteiger partial charge is 0.272 e. The Hall–Kier alpha value is -4.63. The van der Waals surface area contributed by atoms with E-state index in [0.29, 0.717) is 46.1 Å². The molecule has 6 aromatic rings. The Balaban J connectivity index is 1.27. The first-order chi connectivity index (χ1) is 24.0. The van der Waals surface area contributed by atoms with Gasteiger partial charge in [0.2, 0.25) is 5.88 Å². The highest BCUT2D eigenvalue weighted by molar-refractivity contribution is 6.31. The van der Waals surface area contributed by atoms with E-state index in [4.69, 9.17) is 37.7 Å². The molecule has 7 rings (SSSR count). The molecule has 3 heterocycles. The lowest BCUT2D eigenvalue weighted by molar-refractivity contribution is 0.0124. The highest BCUT2D eigenvalue weighted by Gasteiger charge is 2.28. The molecule has 1 fully saturated rings. The average molecular weight is 695 g/mol. The topological polar surface area (TPSA) is 94.1 Å². The molecule has 0 saturated heterocycles. The summed E-state index contributed by atoms with van der Waals surface area (Å²) in [7, 11) is 0. The fraction of sp³-hybridized carbons (Fsp3) is 0.256. The normalized spacial score (nSPS) is 14.2. The van der Waals surface area contributed by atoms with Crippen molar-refractivity contribution in [3.63, 3.8) is 0 Å². The number of hydrogen-bond donors (Lipinski definition) is 2. The minimum absolute atomic E-state index is 0.139.